The van der Waals surface area contributed by atoms with Crippen LogP contribution >= 0.6 is 15.9 Å². The van der Waals surface area contributed by atoms with Gasteiger partial charge >= 0.3 is 12.5 Å². The van der Waals surface area contributed by atoms with Crippen molar-refractivity contribution >= 4 is 33.4 Å². The summed E-state index contributed by atoms with van der Waals surface area (Å²) in [5, 5.41) is 6.11. The number of nitrogens with one attached hydrogen (secondary N) is 2. The van der Waals surface area contributed by atoms with Crippen molar-refractivity contribution in [1.82, 2.24) is 9.97 Å². The fraction of sp³-hybridized carbons (Fsp3) is 0.333. The van der Waals surface area contributed by atoms with Gasteiger partial charge in [0.15, 0.2) is 0 Å². The fourth-order valence-corrected chi connectivity index (χ4v) is 4.45. The molecule has 2 N–H and O–H groups in total. The first-order valence-electron chi connectivity index (χ1n) is 11.1. The van der Waals surface area contributed by atoms with E-state index in [0.717, 1.165) is 38.2 Å². The average Bonchev–Trinajstić information content (AvgIpc) is 2.79. The lowest BCUT2D eigenvalue weighted by molar-refractivity contribution is -0.274. The highest BCUT2D eigenvalue weighted by atomic mass is 79.9. The number of benzene rings is 2. The highest BCUT2D eigenvalue weighted by Gasteiger charge is 2.33. The molecular formula is C24H21BrF6N4O. The summed E-state index contributed by atoms with van der Waals surface area (Å²) in [5.41, 5.74) is -0.139. The molecule has 1 heterocycles. The van der Waals surface area contributed by atoms with Gasteiger partial charge in [0.2, 0.25) is 5.95 Å². The molecular weight excluding hydrogens is 554 g/mol. The van der Waals surface area contributed by atoms with Crippen LogP contribution in [0.1, 0.15) is 37.7 Å². The molecule has 0 bridgehead atoms. The predicted octanol–water partition coefficient (Wildman–Crippen LogP) is 8.31. The number of hydrogen-bond acceptors (Lipinski definition) is 5. The topological polar surface area (TPSA) is 59.1 Å². The first-order chi connectivity index (χ1) is 17.0. The molecule has 0 spiro atoms. The maximum Gasteiger partial charge on any atom is 0.573 e. The van der Waals surface area contributed by atoms with Crippen LogP contribution in [0.25, 0.3) is 11.3 Å². The first-order valence-corrected chi connectivity index (χ1v) is 11.9. The Labute approximate surface area is 211 Å². The lowest BCUT2D eigenvalue weighted by atomic mass is 9.96. The van der Waals surface area contributed by atoms with Gasteiger partial charge in [-0.3, -0.25) is 0 Å². The van der Waals surface area contributed by atoms with E-state index in [9.17, 15) is 26.3 Å². The fourth-order valence-electron chi connectivity index (χ4n) is 3.97. The number of ether oxygens (including phenoxy) is 1. The van der Waals surface area contributed by atoms with E-state index in [2.05, 4.69) is 41.3 Å². The van der Waals surface area contributed by atoms with Gasteiger partial charge in [-0.25, -0.2) is 4.98 Å². The number of hydrogen-bond donors (Lipinski definition) is 2. The monoisotopic (exact) mass is 574 g/mol. The Morgan fingerprint density at radius 2 is 1.64 bits per heavy atom. The Balaban J connectivity index is 1.70. The molecule has 5 nitrogen and oxygen atoms in total. The molecule has 2 aromatic carbocycles. The van der Waals surface area contributed by atoms with Crippen LogP contribution in [0.3, 0.4) is 0 Å². The van der Waals surface area contributed by atoms with E-state index in [1.807, 2.05) is 0 Å². The lowest BCUT2D eigenvalue weighted by Gasteiger charge is -2.23. The van der Waals surface area contributed by atoms with E-state index in [1.54, 1.807) is 6.07 Å². The van der Waals surface area contributed by atoms with Crippen LogP contribution < -0.4 is 15.4 Å². The third kappa shape index (κ3) is 7.02. The number of nitrogens with zero attached hydrogens (tertiary/aromatic N) is 2. The van der Waals surface area contributed by atoms with Crippen LogP contribution in [0.15, 0.2) is 53.0 Å². The maximum absolute atomic E-state index is 13.3. The molecule has 0 unspecified atom stereocenters. The summed E-state index contributed by atoms with van der Waals surface area (Å²) in [6.45, 7) is 0. The third-order valence-electron chi connectivity index (χ3n) is 5.57. The molecule has 0 amide bonds. The normalized spacial score (nSPS) is 15.0. The number of halogens is 7. The largest absolute Gasteiger partial charge is 0.573 e. The van der Waals surface area contributed by atoms with E-state index in [4.69, 9.17) is 0 Å². The Morgan fingerprint density at radius 3 is 2.33 bits per heavy atom. The van der Waals surface area contributed by atoms with Gasteiger partial charge in [0.25, 0.3) is 0 Å². The SMILES string of the molecule is FC(F)(F)Oc1cccc(-c2cc(Nc3ccc(Br)c(C(F)(F)F)c3)nc(NC3CCCCC3)n2)c1. The van der Waals surface area contributed by atoms with Crippen LogP contribution in [-0.2, 0) is 6.18 Å². The summed E-state index contributed by atoms with van der Waals surface area (Å²) in [5.74, 6) is -0.0225. The summed E-state index contributed by atoms with van der Waals surface area (Å²) in [7, 11) is 0. The van der Waals surface area contributed by atoms with Crippen LogP contribution in [0.5, 0.6) is 5.75 Å². The van der Waals surface area contributed by atoms with Crippen molar-refractivity contribution in [1.29, 1.82) is 0 Å². The Bertz CT molecular complexity index is 1210. The molecule has 0 saturated heterocycles. The molecule has 0 atom stereocenters. The smallest absolute Gasteiger partial charge is 0.406 e. The van der Waals surface area contributed by atoms with E-state index in [0.29, 0.717) is 5.56 Å². The zero-order valence-corrected chi connectivity index (χ0v) is 20.3. The molecule has 192 valence electrons. The first kappa shape index (κ1) is 26.1. The van der Waals surface area contributed by atoms with Crippen LogP contribution in [-0.4, -0.2) is 22.4 Å². The summed E-state index contributed by atoms with van der Waals surface area (Å²) in [6, 6.07) is 10.5. The summed E-state index contributed by atoms with van der Waals surface area (Å²) < 4.78 is 82.0. The molecule has 0 radical (unpaired) electrons. The predicted molar refractivity (Wildman–Crippen MR) is 127 cm³/mol. The number of anilines is 3. The zero-order valence-electron chi connectivity index (χ0n) is 18.7. The second kappa shape index (κ2) is 10.5. The Morgan fingerprint density at radius 1 is 0.889 bits per heavy atom. The minimum atomic E-state index is -4.86. The van der Waals surface area contributed by atoms with E-state index in [-0.39, 0.29) is 33.7 Å². The standard InChI is InChI=1S/C24H21BrF6N4O/c25-19-10-9-16(12-18(19)23(26,27)28)32-21-13-20(14-5-4-8-17(11-14)36-24(29,30)31)34-22(35-21)33-15-6-2-1-3-7-15/h4-5,8-13,15H,1-3,6-7H2,(H2,32,33,34,35). The molecule has 1 aliphatic carbocycles. The van der Waals surface area contributed by atoms with Crippen molar-refractivity contribution in [2.45, 2.75) is 50.7 Å². The van der Waals surface area contributed by atoms with Gasteiger partial charge in [-0.15, -0.1) is 13.2 Å². The van der Waals surface area contributed by atoms with Crippen molar-refractivity contribution in [2.75, 3.05) is 10.6 Å². The van der Waals surface area contributed by atoms with Crippen LogP contribution in [0.2, 0.25) is 0 Å². The van der Waals surface area contributed by atoms with Crippen molar-refractivity contribution in [3.8, 4) is 17.0 Å². The molecule has 12 heteroatoms. The molecule has 0 aliphatic heterocycles. The van der Waals surface area contributed by atoms with Gasteiger partial charge in [0.1, 0.15) is 11.6 Å². The van der Waals surface area contributed by atoms with Gasteiger partial charge in [-0.05, 0) is 43.2 Å². The van der Waals surface area contributed by atoms with Gasteiger partial charge in [0.05, 0.1) is 11.3 Å². The van der Waals surface area contributed by atoms with Gasteiger partial charge in [0, 0.05) is 27.8 Å². The Hall–Kier alpha value is -3.02. The van der Waals surface area contributed by atoms with Crippen LogP contribution in [0.4, 0.5) is 43.8 Å². The summed E-state index contributed by atoms with van der Waals surface area (Å²) in [6.07, 6.45) is -4.40. The second-order valence-electron chi connectivity index (χ2n) is 8.33. The van der Waals surface area contributed by atoms with Crippen molar-refractivity contribution in [3.63, 3.8) is 0 Å². The van der Waals surface area contributed by atoms with Crippen LogP contribution in [0, 0.1) is 0 Å². The zero-order chi connectivity index (χ0) is 25.9. The molecule has 3 aromatic rings. The van der Waals surface area contributed by atoms with Crippen molar-refractivity contribution in [2.24, 2.45) is 0 Å². The van der Waals surface area contributed by atoms with Gasteiger partial charge < -0.3 is 15.4 Å². The third-order valence-corrected chi connectivity index (χ3v) is 6.26. The number of aromatic nitrogens is 2. The average molecular weight is 575 g/mol. The van der Waals surface area contributed by atoms with Gasteiger partial charge in [-0.1, -0.05) is 47.3 Å². The quantitative estimate of drug-likeness (QED) is 0.290. The van der Waals surface area contributed by atoms with E-state index in [1.165, 1.54) is 36.4 Å². The summed E-state index contributed by atoms with van der Waals surface area (Å²) in [4.78, 5) is 8.87. The minimum absolute atomic E-state index is 0.106. The summed E-state index contributed by atoms with van der Waals surface area (Å²) >= 11 is 2.91. The maximum atomic E-state index is 13.3. The molecule has 1 aromatic heterocycles. The van der Waals surface area contributed by atoms with E-state index >= 15 is 0 Å². The number of rotatable bonds is 6. The lowest BCUT2D eigenvalue weighted by Crippen LogP contribution is -2.23. The van der Waals surface area contributed by atoms with E-state index < -0.39 is 23.9 Å². The molecule has 1 aliphatic rings. The molecule has 36 heavy (non-hydrogen) atoms. The number of alkyl halides is 6. The molecule has 1 saturated carbocycles. The highest BCUT2D eigenvalue weighted by Crippen LogP contribution is 2.37. The minimum Gasteiger partial charge on any atom is -0.406 e. The second-order valence-corrected chi connectivity index (χ2v) is 9.19. The highest BCUT2D eigenvalue weighted by molar-refractivity contribution is 9.10. The molecule has 1 fully saturated rings. The van der Waals surface area contributed by atoms with Gasteiger partial charge in [-0.2, -0.15) is 18.2 Å². The Kier molecular flexibility index (Phi) is 7.62. The van der Waals surface area contributed by atoms with Crippen molar-refractivity contribution in [3.05, 3.63) is 58.6 Å². The van der Waals surface area contributed by atoms with Crippen molar-refractivity contribution < 1.29 is 31.1 Å². The molecule has 4 rings (SSSR count).